The Bertz CT molecular complexity index is 1500. The van der Waals surface area contributed by atoms with Crippen molar-refractivity contribution in [3.63, 3.8) is 0 Å². The zero-order valence-electron chi connectivity index (χ0n) is 24.0. The van der Waals surface area contributed by atoms with Gasteiger partial charge in [0.05, 0.1) is 0 Å². The first-order valence-electron chi connectivity index (χ1n) is 13.4. The van der Waals surface area contributed by atoms with Crippen LogP contribution in [0.5, 0.6) is 0 Å². The van der Waals surface area contributed by atoms with Crippen LogP contribution in [-0.2, 0) is 10.8 Å². The molecule has 202 valence electrons. The summed E-state index contributed by atoms with van der Waals surface area (Å²) in [6, 6.07) is 25.2. The Morgan fingerprint density at radius 2 is 1.08 bits per heavy atom. The molecule has 4 aromatic carbocycles. The van der Waals surface area contributed by atoms with Crippen molar-refractivity contribution < 1.29 is 4.39 Å². The zero-order chi connectivity index (χ0) is 28.5. The van der Waals surface area contributed by atoms with E-state index in [1.54, 1.807) is 6.07 Å². The summed E-state index contributed by atoms with van der Waals surface area (Å²) in [5.74, 6) is -0.0969. The second kappa shape index (κ2) is 9.59. The number of fused-ring (bicyclic) bond motifs is 1. The molecule has 1 nitrogen and oxygen atoms in total. The van der Waals surface area contributed by atoms with Gasteiger partial charge in [-0.1, -0.05) is 79.5 Å². The van der Waals surface area contributed by atoms with Crippen molar-refractivity contribution in [1.29, 1.82) is 0 Å². The van der Waals surface area contributed by atoms with E-state index in [2.05, 4.69) is 159 Å². The smallest absolute Gasteiger partial charge is 0.127 e. The van der Waals surface area contributed by atoms with Crippen molar-refractivity contribution in [2.45, 2.75) is 66.2 Å². The van der Waals surface area contributed by atoms with Gasteiger partial charge in [0, 0.05) is 26.0 Å². The third-order valence-corrected chi connectivity index (χ3v) is 10.8. The Morgan fingerprint density at radius 3 is 1.54 bits per heavy atom. The summed E-state index contributed by atoms with van der Waals surface area (Å²) in [6.07, 6.45) is 0. The van der Waals surface area contributed by atoms with Crippen LogP contribution in [0.25, 0.3) is 11.1 Å². The van der Waals surface area contributed by atoms with Crippen LogP contribution in [0.2, 0.25) is 0 Å². The number of halogens is 3. The van der Waals surface area contributed by atoms with E-state index in [9.17, 15) is 0 Å². The lowest BCUT2D eigenvalue weighted by atomic mass is 9.59. The molecule has 5 rings (SSSR count). The van der Waals surface area contributed by atoms with Crippen molar-refractivity contribution >= 4 is 48.9 Å². The highest BCUT2D eigenvalue weighted by atomic mass is 79.9. The van der Waals surface area contributed by atoms with E-state index in [1.165, 1.54) is 0 Å². The molecule has 0 heterocycles. The average molecular weight is 649 g/mol. The third-order valence-electron chi connectivity index (χ3n) is 9.75. The number of aryl methyl sites for hydroxylation is 2. The molecule has 0 amide bonds. The highest BCUT2D eigenvalue weighted by molar-refractivity contribution is 9.10. The molecule has 0 unspecified atom stereocenters. The minimum Gasteiger partial charge on any atom is -0.310 e. The first kappa shape index (κ1) is 28.1. The molecule has 0 saturated heterocycles. The number of nitrogens with zero attached hydrogens (tertiary/aromatic N) is 1. The maximum atomic E-state index is 16.0. The van der Waals surface area contributed by atoms with E-state index in [4.69, 9.17) is 0 Å². The molecular weight excluding hydrogens is 613 g/mol. The first-order valence-corrected chi connectivity index (χ1v) is 15.0. The monoisotopic (exact) mass is 647 g/mol. The zero-order valence-corrected chi connectivity index (χ0v) is 27.2. The first-order chi connectivity index (χ1) is 18.2. The van der Waals surface area contributed by atoms with Gasteiger partial charge in [0.1, 0.15) is 5.82 Å². The van der Waals surface area contributed by atoms with Crippen LogP contribution in [-0.4, -0.2) is 0 Å². The lowest BCUT2D eigenvalue weighted by Gasteiger charge is -2.44. The molecular formula is C35H36Br2FN. The molecule has 4 aromatic rings. The van der Waals surface area contributed by atoms with Gasteiger partial charge < -0.3 is 4.90 Å². The fourth-order valence-corrected chi connectivity index (χ4v) is 6.99. The van der Waals surface area contributed by atoms with Gasteiger partial charge in [0.25, 0.3) is 0 Å². The van der Waals surface area contributed by atoms with Crippen molar-refractivity contribution in [3.05, 3.63) is 110 Å². The van der Waals surface area contributed by atoms with Crippen molar-refractivity contribution in [2.24, 2.45) is 5.41 Å². The Labute approximate surface area is 249 Å². The molecule has 0 aromatic heterocycles. The van der Waals surface area contributed by atoms with Crippen LogP contribution in [0.1, 0.15) is 63.8 Å². The Hall–Kier alpha value is -2.43. The van der Waals surface area contributed by atoms with Gasteiger partial charge in [-0.3, -0.25) is 0 Å². The van der Waals surface area contributed by atoms with E-state index in [-0.39, 0.29) is 22.1 Å². The largest absolute Gasteiger partial charge is 0.310 e. The van der Waals surface area contributed by atoms with Gasteiger partial charge >= 0.3 is 0 Å². The van der Waals surface area contributed by atoms with Crippen molar-refractivity contribution in [3.8, 4) is 11.1 Å². The van der Waals surface area contributed by atoms with Crippen LogP contribution in [0, 0.1) is 25.1 Å². The maximum absolute atomic E-state index is 16.0. The van der Waals surface area contributed by atoms with Gasteiger partial charge in [0.2, 0.25) is 0 Å². The Kier molecular flexibility index (Phi) is 6.91. The Morgan fingerprint density at radius 1 is 0.615 bits per heavy atom. The van der Waals surface area contributed by atoms with Crippen LogP contribution in [0.3, 0.4) is 0 Å². The quantitative estimate of drug-likeness (QED) is 0.213. The highest BCUT2D eigenvalue weighted by Crippen LogP contribution is 2.62. The predicted molar refractivity (Wildman–Crippen MR) is 171 cm³/mol. The molecule has 1 aliphatic carbocycles. The molecule has 0 saturated carbocycles. The normalized spacial score (nSPS) is 16.7. The SMILES string of the molecule is Cc1cc(N(c2ccc(Br)cc2)c2ccc(Br)cc2)cc(C)c1-c1cc(F)c2c(c1)C(C)(C)C(C)(C)C2(C)C. The Balaban J connectivity index is 1.67. The summed E-state index contributed by atoms with van der Waals surface area (Å²) in [5, 5.41) is 0. The molecule has 0 aliphatic heterocycles. The summed E-state index contributed by atoms with van der Waals surface area (Å²) < 4.78 is 18.1. The van der Waals surface area contributed by atoms with Crippen LogP contribution in [0.4, 0.5) is 21.5 Å². The molecule has 0 fully saturated rings. The van der Waals surface area contributed by atoms with Crippen molar-refractivity contribution in [2.75, 3.05) is 4.90 Å². The van der Waals surface area contributed by atoms with E-state index in [1.807, 2.05) is 0 Å². The molecule has 0 bridgehead atoms. The summed E-state index contributed by atoms with van der Waals surface area (Å²) in [5.41, 5.74) is 8.99. The number of rotatable bonds is 4. The standard InChI is InChI=1S/C35H36Br2FN/c1-21-17-28(39(26-13-9-24(36)10-14-26)27-15-11-25(37)12-16-27)18-22(2)31(21)23-19-29-32(30(38)20-23)34(5,6)35(7,8)33(29,3)4/h9-20H,1-8H3. The summed E-state index contributed by atoms with van der Waals surface area (Å²) in [7, 11) is 0. The average Bonchev–Trinajstić information content (AvgIpc) is 2.95. The van der Waals surface area contributed by atoms with E-state index >= 15 is 4.39 Å². The second-order valence-electron chi connectivity index (χ2n) is 12.5. The minimum atomic E-state index is -0.266. The maximum Gasteiger partial charge on any atom is 0.127 e. The van der Waals surface area contributed by atoms with E-state index < -0.39 is 0 Å². The third kappa shape index (κ3) is 4.39. The number of hydrogen-bond donors (Lipinski definition) is 0. The summed E-state index contributed by atoms with van der Waals surface area (Å²) >= 11 is 7.14. The van der Waals surface area contributed by atoms with Gasteiger partial charge in [0.15, 0.2) is 0 Å². The fourth-order valence-electron chi connectivity index (χ4n) is 6.46. The molecule has 4 heteroatoms. The van der Waals surface area contributed by atoms with E-state index in [0.29, 0.717) is 0 Å². The van der Waals surface area contributed by atoms with Crippen molar-refractivity contribution in [1.82, 2.24) is 0 Å². The second-order valence-corrected chi connectivity index (χ2v) is 14.3. The van der Waals surface area contributed by atoms with E-state index in [0.717, 1.165) is 59.4 Å². The molecule has 0 radical (unpaired) electrons. The van der Waals surface area contributed by atoms with Gasteiger partial charge in [-0.15, -0.1) is 0 Å². The topological polar surface area (TPSA) is 3.24 Å². The van der Waals surface area contributed by atoms with Crippen LogP contribution >= 0.6 is 31.9 Å². The van der Waals surface area contributed by atoms with Gasteiger partial charge in [-0.05, 0) is 130 Å². The highest BCUT2D eigenvalue weighted by Gasteiger charge is 2.58. The fraction of sp³-hybridized carbons (Fsp3) is 0.314. The van der Waals surface area contributed by atoms with Crippen LogP contribution in [0.15, 0.2) is 81.7 Å². The molecule has 0 N–H and O–H groups in total. The molecule has 0 spiro atoms. The minimum absolute atomic E-state index is 0.0917. The summed E-state index contributed by atoms with van der Waals surface area (Å²) in [6.45, 7) is 17.7. The molecule has 0 atom stereocenters. The number of benzene rings is 4. The summed E-state index contributed by atoms with van der Waals surface area (Å²) in [4.78, 5) is 2.26. The lowest BCUT2D eigenvalue weighted by molar-refractivity contribution is 0.123. The predicted octanol–water partition coefficient (Wildman–Crippen LogP) is 11.7. The number of anilines is 3. The van der Waals surface area contributed by atoms with Gasteiger partial charge in [-0.25, -0.2) is 4.39 Å². The molecule has 1 aliphatic rings. The number of hydrogen-bond acceptors (Lipinski definition) is 1. The van der Waals surface area contributed by atoms with Gasteiger partial charge in [-0.2, -0.15) is 0 Å². The lowest BCUT2D eigenvalue weighted by Crippen LogP contribution is -2.42. The molecule has 39 heavy (non-hydrogen) atoms. The van der Waals surface area contributed by atoms with Crippen LogP contribution < -0.4 is 4.90 Å².